The van der Waals surface area contributed by atoms with Crippen LogP contribution in [0.2, 0.25) is 0 Å². The first kappa shape index (κ1) is 11.6. The Morgan fingerprint density at radius 3 is 2.88 bits per heavy atom. The monoisotopic (exact) mass is 238 g/mol. The normalized spacial score (nSPS) is 22.4. The highest BCUT2D eigenvalue weighted by Gasteiger charge is 2.27. The molecule has 0 spiro atoms. The smallest absolute Gasteiger partial charge is 0.155 e. The molecule has 1 aliphatic rings. The van der Waals surface area contributed by atoms with Crippen molar-refractivity contribution in [3.63, 3.8) is 0 Å². The molecule has 3 nitrogen and oxygen atoms in total. The quantitative estimate of drug-likeness (QED) is 0.880. The first-order valence-electron chi connectivity index (χ1n) is 5.62. The standard InChI is InChI=1S/C12H18N2OS/c1-4-8(2)14-10(7-12(13)15-14)11-6-5-9(3)16-11/h5-8,12H,4,13H2,1-3H3. The summed E-state index contributed by atoms with van der Waals surface area (Å²) >= 11 is 1.77. The first-order chi connectivity index (χ1) is 7.61. The van der Waals surface area contributed by atoms with E-state index >= 15 is 0 Å². The van der Waals surface area contributed by atoms with Crippen LogP contribution in [-0.2, 0) is 4.84 Å². The topological polar surface area (TPSA) is 38.5 Å². The first-order valence-corrected chi connectivity index (χ1v) is 6.43. The van der Waals surface area contributed by atoms with Gasteiger partial charge in [0.25, 0.3) is 0 Å². The number of nitrogens with two attached hydrogens (primary N) is 1. The molecular weight excluding hydrogens is 220 g/mol. The lowest BCUT2D eigenvalue weighted by molar-refractivity contribution is -0.142. The minimum atomic E-state index is -0.314. The van der Waals surface area contributed by atoms with Crippen LogP contribution in [0.3, 0.4) is 0 Å². The zero-order chi connectivity index (χ0) is 11.7. The van der Waals surface area contributed by atoms with Crippen LogP contribution in [0.4, 0.5) is 0 Å². The van der Waals surface area contributed by atoms with Gasteiger partial charge in [-0.1, -0.05) is 6.92 Å². The van der Waals surface area contributed by atoms with Gasteiger partial charge in [-0.3, -0.25) is 4.84 Å². The fraction of sp³-hybridized carbons (Fsp3) is 0.500. The summed E-state index contributed by atoms with van der Waals surface area (Å²) in [5.74, 6) is 0. The maximum Gasteiger partial charge on any atom is 0.155 e. The van der Waals surface area contributed by atoms with E-state index < -0.39 is 0 Å². The number of thiophene rings is 1. The van der Waals surface area contributed by atoms with Gasteiger partial charge >= 0.3 is 0 Å². The van der Waals surface area contributed by atoms with E-state index in [0.29, 0.717) is 6.04 Å². The summed E-state index contributed by atoms with van der Waals surface area (Å²) in [6.07, 6.45) is 2.71. The molecule has 0 amide bonds. The fourth-order valence-electron chi connectivity index (χ4n) is 1.72. The van der Waals surface area contributed by atoms with Crippen molar-refractivity contribution < 1.29 is 4.84 Å². The van der Waals surface area contributed by atoms with Crippen molar-refractivity contribution in [3.05, 3.63) is 28.0 Å². The second-order valence-electron chi connectivity index (χ2n) is 4.12. The van der Waals surface area contributed by atoms with Crippen molar-refractivity contribution in [1.29, 1.82) is 0 Å². The molecule has 0 bridgehead atoms. The van der Waals surface area contributed by atoms with Gasteiger partial charge in [0.2, 0.25) is 0 Å². The van der Waals surface area contributed by atoms with Crippen LogP contribution in [0, 0.1) is 6.92 Å². The minimum Gasteiger partial charge on any atom is -0.301 e. The van der Waals surface area contributed by atoms with E-state index in [1.807, 2.05) is 11.1 Å². The fourth-order valence-corrected chi connectivity index (χ4v) is 2.60. The van der Waals surface area contributed by atoms with Crippen LogP contribution < -0.4 is 5.73 Å². The third-order valence-electron chi connectivity index (χ3n) is 2.78. The van der Waals surface area contributed by atoms with Crippen LogP contribution in [-0.4, -0.2) is 17.3 Å². The summed E-state index contributed by atoms with van der Waals surface area (Å²) in [7, 11) is 0. The number of hydrogen-bond acceptors (Lipinski definition) is 4. The lowest BCUT2D eigenvalue weighted by Crippen LogP contribution is -2.31. The molecule has 4 heteroatoms. The van der Waals surface area contributed by atoms with E-state index in [4.69, 9.17) is 10.6 Å². The Bertz CT molecular complexity index is 399. The van der Waals surface area contributed by atoms with Gasteiger partial charge in [-0.2, -0.15) is 0 Å². The predicted octanol–water partition coefficient (Wildman–Crippen LogP) is 2.73. The van der Waals surface area contributed by atoms with E-state index in [2.05, 4.69) is 32.9 Å². The molecule has 2 N–H and O–H groups in total. The molecule has 0 aromatic carbocycles. The summed E-state index contributed by atoms with van der Waals surface area (Å²) in [6, 6.07) is 4.60. The van der Waals surface area contributed by atoms with Gasteiger partial charge in [-0.25, -0.2) is 5.06 Å². The molecule has 1 aliphatic heterocycles. The van der Waals surface area contributed by atoms with E-state index in [-0.39, 0.29) is 6.23 Å². The summed E-state index contributed by atoms with van der Waals surface area (Å²) in [4.78, 5) is 8.15. The number of rotatable bonds is 3. The zero-order valence-corrected chi connectivity index (χ0v) is 10.8. The van der Waals surface area contributed by atoms with Gasteiger partial charge in [-0.05, 0) is 38.5 Å². The highest BCUT2D eigenvalue weighted by molar-refractivity contribution is 7.13. The Labute approximate surface area is 100 Å². The van der Waals surface area contributed by atoms with Crippen molar-refractivity contribution in [2.75, 3.05) is 0 Å². The van der Waals surface area contributed by atoms with Crippen molar-refractivity contribution >= 4 is 17.0 Å². The van der Waals surface area contributed by atoms with Gasteiger partial charge < -0.3 is 5.73 Å². The minimum absolute atomic E-state index is 0.314. The Hall–Kier alpha value is -0.840. The van der Waals surface area contributed by atoms with Crippen LogP contribution in [0.5, 0.6) is 0 Å². The Balaban J connectivity index is 2.27. The van der Waals surface area contributed by atoms with Crippen LogP contribution in [0.1, 0.15) is 30.0 Å². The zero-order valence-electron chi connectivity index (χ0n) is 9.93. The van der Waals surface area contributed by atoms with Crippen LogP contribution >= 0.6 is 11.3 Å². The molecular formula is C12H18N2OS. The summed E-state index contributed by atoms with van der Waals surface area (Å²) < 4.78 is 0. The molecule has 0 saturated carbocycles. The largest absolute Gasteiger partial charge is 0.301 e. The summed E-state index contributed by atoms with van der Waals surface area (Å²) in [5, 5.41) is 1.94. The molecule has 2 atom stereocenters. The molecule has 1 aromatic heterocycles. The molecule has 0 aliphatic carbocycles. The number of hydrogen-bond donors (Lipinski definition) is 1. The van der Waals surface area contributed by atoms with Gasteiger partial charge in [0.1, 0.15) is 0 Å². The number of nitrogens with zero attached hydrogens (tertiary/aromatic N) is 1. The predicted molar refractivity (Wildman–Crippen MR) is 67.7 cm³/mol. The lowest BCUT2D eigenvalue weighted by Gasteiger charge is -2.26. The Kier molecular flexibility index (Phi) is 3.33. The van der Waals surface area contributed by atoms with Gasteiger partial charge in [0.15, 0.2) is 6.23 Å². The molecule has 2 unspecified atom stereocenters. The molecule has 0 saturated heterocycles. The van der Waals surface area contributed by atoms with E-state index in [9.17, 15) is 0 Å². The maximum atomic E-state index is 5.82. The van der Waals surface area contributed by atoms with Crippen LogP contribution in [0.25, 0.3) is 5.70 Å². The number of aryl methyl sites for hydroxylation is 1. The Morgan fingerprint density at radius 1 is 1.56 bits per heavy atom. The second kappa shape index (κ2) is 4.57. The number of hydroxylamine groups is 2. The molecule has 0 fully saturated rings. The third kappa shape index (κ3) is 2.14. The molecule has 0 radical (unpaired) electrons. The van der Waals surface area contributed by atoms with Gasteiger partial charge in [-0.15, -0.1) is 11.3 Å². The van der Waals surface area contributed by atoms with E-state index in [1.54, 1.807) is 11.3 Å². The highest BCUT2D eigenvalue weighted by Crippen LogP contribution is 2.33. The van der Waals surface area contributed by atoms with Gasteiger partial charge in [0.05, 0.1) is 16.6 Å². The van der Waals surface area contributed by atoms with Crippen molar-refractivity contribution in [1.82, 2.24) is 5.06 Å². The SMILES string of the molecule is CCC(C)N1OC(N)C=C1c1ccc(C)s1. The van der Waals surface area contributed by atoms with Crippen LogP contribution in [0.15, 0.2) is 18.2 Å². The van der Waals surface area contributed by atoms with E-state index in [0.717, 1.165) is 12.1 Å². The van der Waals surface area contributed by atoms with Crippen molar-refractivity contribution in [2.24, 2.45) is 5.73 Å². The van der Waals surface area contributed by atoms with Gasteiger partial charge in [0, 0.05) is 4.88 Å². The highest BCUT2D eigenvalue weighted by atomic mass is 32.1. The molecule has 16 heavy (non-hydrogen) atoms. The average molecular weight is 238 g/mol. The summed E-state index contributed by atoms with van der Waals surface area (Å²) in [6.45, 7) is 6.40. The summed E-state index contributed by atoms with van der Waals surface area (Å²) in [5.41, 5.74) is 6.93. The molecule has 2 heterocycles. The molecule has 88 valence electrons. The van der Waals surface area contributed by atoms with Crippen molar-refractivity contribution in [2.45, 2.75) is 39.5 Å². The molecule has 2 rings (SSSR count). The third-order valence-corrected chi connectivity index (χ3v) is 3.80. The maximum absolute atomic E-state index is 5.82. The van der Waals surface area contributed by atoms with Crippen molar-refractivity contribution in [3.8, 4) is 0 Å². The average Bonchev–Trinajstić information content (AvgIpc) is 2.83. The Morgan fingerprint density at radius 2 is 2.31 bits per heavy atom. The van der Waals surface area contributed by atoms with E-state index in [1.165, 1.54) is 9.75 Å². The second-order valence-corrected chi connectivity index (χ2v) is 5.40. The molecule has 1 aromatic rings. The lowest BCUT2D eigenvalue weighted by atomic mass is 10.2.